The van der Waals surface area contributed by atoms with Crippen LogP contribution in [0.1, 0.15) is 40.0 Å². The van der Waals surface area contributed by atoms with Gasteiger partial charge in [-0.25, -0.2) is 4.98 Å². The average molecular weight is 242 g/mol. The van der Waals surface area contributed by atoms with Crippen LogP contribution in [0, 0.1) is 5.92 Å². The number of nitrogens with one attached hydrogen (secondary N) is 1. The van der Waals surface area contributed by atoms with Crippen LogP contribution < -0.4 is 5.32 Å². The maximum atomic E-state index is 5.76. The lowest BCUT2D eigenvalue weighted by atomic mass is 10.0. The fraction of sp³-hybridized carbons (Fsp3) is 0.667. The zero-order chi connectivity index (χ0) is 12.0. The molecule has 1 N–H and O–H groups in total. The van der Waals surface area contributed by atoms with E-state index in [1.54, 1.807) is 6.20 Å². The highest BCUT2D eigenvalue weighted by molar-refractivity contribution is 6.29. The summed E-state index contributed by atoms with van der Waals surface area (Å²) in [5, 5.41) is 3.73. The van der Waals surface area contributed by atoms with Gasteiger partial charge in [-0.15, -0.1) is 0 Å². The van der Waals surface area contributed by atoms with E-state index < -0.39 is 0 Å². The predicted molar refractivity (Wildman–Crippen MR) is 68.8 cm³/mol. The van der Waals surface area contributed by atoms with E-state index in [9.17, 15) is 0 Å². The van der Waals surface area contributed by atoms with Crippen LogP contribution in [0.4, 0.5) is 5.82 Å². The van der Waals surface area contributed by atoms with Crippen molar-refractivity contribution >= 4 is 17.4 Å². The first kappa shape index (κ1) is 13.2. The average Bonchev–Trinajstić information content (AvgIpc) is 2.16. The lowest BCUT2D eigenvalue weighted by molar-refractivity contribution is 0.520. The van der Waals surface area contributed by atoms with Gasteiger partial charge in [0.15, 0.2) is 0 Å². The molecule has 0 aliphatic rings. The molecule has 0 amide bonds. The topological polar surface area (TPSA) is 37.8 Å². The van der Waals surface area contributed by atoms with E-state index in [0.717, 1.165) is 18.2 Å². The van der Waals surface area contributed by atoms with Gasteiger partial charge in [-0.05, 0) is 19.3 Å². The highest BCUT2D eigenvalue weighted by Gasteiger charge is 2.04. The van der Waals surface area contributed by atoms with E-state index in [0.29, 0.717) is 11.2 Å². The summed E-state index contributed by atoms with van der Waals surface area (Å²) in [6.45, 7) is 6.66. The van der Waals surface area contributed by atoms with Crippen LogP contribution in [0.2, 0.25) is 5.15 Å². The molecule has 1 heterocycles. The van der Waals surface area contributed by atoms with Gasteiger partial charge in [-0.1, -0.05) is 38.3 Å². The fourth-order valence-corrected chi connectivity index (χ4v) is 1.72. The molecule has 0 saturated carbocycles. The normalized spacial score (nSPS) is 12.8. The molecule has 1 atom stereocenters. The smallest absolute Gasteiger partial charge is 0.149 e. The zero-order valence-electron chi connectivity index (χ0n) is 10.2. The van der Waals surface area contributed by atoms with Crippen molar-refractivity contribution in [3.8, 4) is 0 Å². The Morgan fingerprint density at radius 1 is 1.25 bits per heavy atom. The SMILES string of the molecule is CC(C)CCCC(C)Nc1cncc(Cl)n1. The largest absolute Gasteiger partial charge is 0.366 e. The minimum atomic E-state index is 0.409. The molecule has 0 spiro atoms. The Morgan fingerprint density at radius 3 is 2.62 bits per heavy atom. The first-order valence-corrected chi connectivity index (χ1v) is 6.20. The standard InChI is InChI=1S/C12H20ClN3/c1-9(2)5-4-6-10(3)15-12-8-14-7-11(13)16-12/h7-10H,4-6H2,1-3H3,(H,15,16). The maximum absolute atomic E-state index is 5.76. The lowest BCUT2D eigenvalue weighted by Crippen LogP contribution is -2.16. The highest BCUT2D eigenvalue weighted by Crippen LogP contribution is 2.12. The summed E-state index contributed by atoms with van der Waals surface area (Å²) < 4.78 is 0. The van der Waals surface area contributed by atoms with Gasteiger partial charge in [0.2, 0.25) is 0 Å². The van der Waals surface area contributed by atoms with Crippen molar-refractivity contribution in [1.29, 1.82) is 0 Å². The van der Waals surface area contributed by atoms with Gasteiger partial charge in [0, 0.05) is 6.04 Å². The van der Waals surface area contributed by atoms with Crippen molar-refractivity contribution in [3.05, 3.63) is 17.5 Å². The van der Waals surface area contributed by atoms with Gasteiger partial charge in [0.05, 0.1) is 12.4 Å². The lowest BCUT2D eigenvalue weighted by Gasteiger charge is -2.14. The van der Waals surface area contributed by atoms with Crippen LogP contribution in [0.15, 0.2) is 12.4 Å². The van der Waals surface area contributed by atoms with E-state index in [1.165, 1.54) is 19.0 Å². The Hall–Kier alpha value is -0.830. The van der Waals surface area contributed by atoms with Gasteiger partial charge in [-0.2, -0.15) is 0 Å². The van der Waals surface area contributed by atoms with Crippen LogP contribution >= 0.6 is 11.6 Å². The van der Waals surface area contributed by atoms with Gasteiger partial charge in [-0.3, -0.25) is 4.98 Å². The van der Waals surface area contributed by atoms with Crippen molar-refractivity contribution < 1.29 is 0 Å². The second-order valence-electron chi connectivity index (χ2n) is 4.60. The van der Waals surface area contributed by atoms with E-state index in [2.05, 4.69) is 36.1 Å². The summed E-state index contributed by atoms with van der Waals surface area (Å²) in [6, 6.07) is 0.409. The highest BCUT2D eigenvalue weighted by atomic mass is 35.5. The quantitative estimate of drug-likeness (QED) is 0.824. The number of hydrogen-bond donors (Lipinski definition) is 1. The van der Waals surface area contributed by atoms with Crippen molar-refractivity contribution in [1.82, 2.24) is 9.97 Å². The first-order valence-electron chi connectivity index (χ1n) is 5.82. The second-order valence-corrected chi connectivity index (χ2v) is 4.98. The molecule has 16 heavy (non-hydrogen) atoms. The van der Waals surface area contributed by atoms with E-state index in [1.807, 2.05) is 0 Å². The molecule has 90 valence electrons. The molecular formula is C12H20ClN3. The summed E-state index contributed by atoms with van der Waals surface area (Å²) in [4.78, 5) is 8.14. The second kappa shape index (κ2) is 6.69. The third kappa shape index (κ3) is 5.31. The molecule has 1 aromatic rings. The summed E-state index contributed by atoms with van der Waals surface area (Å²) in [7, 11) is 0. The van der Waals surface area contributed by atoms with Crippen molar-refractivity contribution in [2.24, 2.45) is 5.92 Å². The number of aromatic nitrogens is 2. The molecule has 0 bridgehead atoms. The molecule has 0 aromatic carbocycles. The Kier molecular flexibility index (Phi) is 5.53. The molecule has 0 radical (unpaired) electrons. The van der Waals surface area contributed by atoms with Crippen LogP contribution in [0.25, 0.3) is 0 Å². The third-order valence-corrected chi connectivity index (χ3v) is 2.60. The minimum Gasteiger partial charge on any atom is -0.366 e. The fourth-order valence-electron chi connectivity index (χ4n) is 1.57. The Labute approximate surface area is 103 Å². The summed E-state index contributed by atoms with van der Waals surface area (Å²) >= 11 is 5.76. The van der Waals surface area contributed by atoms with Crippen molar-refractivity contribution in [3.63, 3.8) is 0 Å². The van der Waals surface area contributed by atoms with Gasteiger partial charge in [0.1, 0.15) is 11.0 Å². The number of rotatable bonds is 6. The molecule has 1 rings (SSSR count). The molecular weight excluding hydrogens is 222 g/mol. The Morgan fingerprint density at radius 2 is 2.00 bits per heavy atom. The number of hydrogen-bond acceptors (Lipinski definition) is 3. The van der Waals surface area contributed by atoms with Crippen LogP contribution in [-0.4, -0.2) is 16.0 Å². The molecule has 0 aliphatic carbocycles. The molecule has 0 fully saturated rings. The van der Waals surface area contributed by atoms with E-state index >= 15 is 0 Å². The number of halogens is 1. The van der Waals surface area contributed by atoms with E-state index in [4.69, 9.17) is 11.6 Å². The van der Waals surface area contributed by atoms with Gasteiger partial charge < -0.3 is 5.32 Å². The van der Waals surface area contributed by atoms with Gasteiger partial charge in [0.25, 0.3) is 0 Å². The van der Waals surface area contributed by atoms with Gasteiger partial charge >= 0.3 is 0 Å². The first-order chi connectivity index (χ1) is 7.58. The predicted octanol–water partition coefficient (Wildman–Crippen LogP) is 3.76. The van der Waals surface area contributed by atoms with Crippen LogP contribution in [0.5, 0.6) is 0 Å². The van der Waals surface area contributed by atoms with Crippen LogP contribution in [-0.2, 0) is 0 Å². The monoisotopic (exact) mass is 241 g/mol. The molecule has 4 heteroatoms. The Balaban J connectivity index is 2.31. The third-order valence-electron chi connectivity index (χ3n) is 2.42. The van der Waals surface area contributed by atoms with Crippen molar-refractivity contribution in [2.45, 2.75) is 46.1 Å². The van der Waals surface area contributed by atoms with Crippen molar-refractivity contribution in [2.75, 3.05) is 5.32 Å². The molecule has 3 nitrogen and oxygen atoms in total. The van der Waals surface area contributed by atoms with E-state index in [-0.39, 0.29) is 0 Å². The molecule has 0 aliphatic heterocycles. The zero-order valence-corrected chi connectivity index (χ0v) is 11.0. The summed E-state index contributed by atoms with van der Waals surface area (Å²) in [6.07, 6.45) is 6.89. The summed E-state index contributed by atoms with van der Waals surface area (Å²) in [5.74, 6) is 1.53. The maximum Gasteiger partial charge on any atom is 0.149 e. The molecule has 1 unspecified atom stereocenters. The molecule has 1 aromatic heterocycles. The summed E-state index contributed by atoms with van der Waals surface area (Å²) in [5.41, 5.74) is 0. The minimum absolute atomic E-state index is 0.409. The molecule has 0 saturated heterocycles. The number of anilines is 1. The Bertz CT molecular complexity index is 315. The number of nitrogens with zero attached hydrogens (tertiary/aromatic N) is 2. The van der Waals surface area contributed by atoms with Crippen LogP contribution in [0.3, 0.4) is 0 Å².